The maximum Gasteiger partial charge on any atom is 0.228 e. The summed E-state index contributed by atoms with van der Waals surface area (Å²) in [6.07, 6.45) is 6.30. The standard InChI is InChI=1S/C19H23NO3/c1-3-11-6-5-7-12(4-2)17(11)20-18(21)15-13-8-9-14(10-13)16(15)19(22)23/h5-9,13-16H,3-4,10H2,1-2H3,(H,20,21)(H,22,23)/p-1/t13-,14+,15+,16+/m1/s1. The highest BCUT2D eigenvalue weighted by molar-refractivity contribution is 5.97. The lowest BCUT2D eigenvalue weighted by molar-refractivity contribution is -0.313. The third kappa shape index (κ3) is 2.67. The number of nitrogens with one attached hydrogen (secondary N) is 1. The SMILES string of the molecule is CCc1cccc(CC)c1NC(=O)[C@@H]1[C@@H](C(=O)[O-])[C@H]2C=C[C@@H]1C2. The summed E-state index contributed by atoms with van der Waals surface area (Å²) in [5.74, 6) is -2.57. The number of allylic oxidation sites excluding steroid dienone is 2. The molecule has 1 aromatic carbocycles. The summed E-state index contributed by atoms with van der Waals surface area (Å²) in [6.45, 7) is 4.10. The van der Waals surface area contributed by atoms with E-state index >= 15 is 0 Å². The molecule has 4 atom stereocenters. The van der Waals surface area contributed by atoms with E-state index in [9.17, 15) is 14.7 Å². The third-order valence-electron chi connectivity index (χ3n) is 5.28. The van der Waals surface area contributed by atoms with Crippen molar-refractivity contribution in [1.29, 1.82) is 0 Å². The monoisotopic (exact) mass is 312 g/mol. The number of benzene rings is 1. The van der Waals surface area contributed by atoms with Gasteiger partial charge in [-0.15, -0.1) is 0 Å². The average molecular weight is 312 g/mol. The molecule has 0 unspecified atom stereocenters. The largest absolute Gasteiger partial charge is 0.550 e. The number of aliphatic carboxylic acids is 1. The van der Waals surface area contributed by atoms with Crippen LogP contribution in [0.5, 0.6) is 0 Å². The van der Waals surface area contributed by atoms with Gasteiger partial charge in [-0.05, 0) is 42.2 Å². The van der Waals surface area contributed by atoms with Gasteiger partial charge in [-0.2, -0.15) is 0 Å². The minimum Gasteiger partial charge on any atom is -0.550 e. The van der Waals surface area contributed by atoms with Gasteiger partial charge in [-0.25, -0.2) is 0 Å². The molecule has 0 heterocycles. The fourth-order valence-electron chi connectivity index (χ4n) is 4.11. The molecule has 4 heteroatoms. The fraction of sp³-hybridized carbons (Fsp3) is 0.474. The molecule has 0 radical (unpaired) electrons. The first-order chi connectivity index (χ1) is 11.1. The topological polar surface area (TPSA) is 69.2 Å². The first-order valence-corrected chi connectivity index (χ1v) is 8.37. The van der Waals surface area contributed by atoms with E-state index in [1.165, 1.54) is 0 Å². The molecule has 0 aliphatic heterocycles. The zero-order valence-electron chi connectivity index (χ0n) is 13.5. The van der Waals surface area contributed by atoms with Crippen molar-refractivity contribution in [3.8, 4) is 0 Å². The van der Waals surface area contributed by atoms with E-state index in [2.05, 4.69) is 19.2 Å². The van der Waals surface area contributed by atoms with Crippen LogP contribution >= 0.6 is 0 Å². The third-order valence-corrected chi connectivity index (χ3v) is 5.28. The highest BCUT2D eigenvalue weighted by Gasteiger charge is 2.48. The van der Waals surface area contributed by atoms with Gasteiger partial charge in [0.05, 0.1) is 5.92 Å². The maximum absolute atomic E-state index is 12.8. The Labute approximate surface area is 136 Å². The Balaban J connectivity index is 1.88. The molecule has 122 valence electrons. The van der Waals surface area contributed by atoms with E-state index in [1.807, 2.05) is 30.4 Å². The van der Waals surface area contributed by atoms with Gasteiger partial charge in [-0.1, -0.05) is 44.2 Å². The minimum atomic E-state index is -1.11. The number of carboxylic acid groups (broad SMARTS) is 1. The van der Waals surface area contributed by atoms with Crippen LogP contribution in [-0.4, -0.2) is 11.9 Å². The quantitative estimate of drug-likeness (QED) is 0.845. The number of carboxylic acids is 1. The molecule has 23 heavy (non-hydrogen) atoms. The maximum atomic E-state index is 12.8. The first-order valence-electron chi connectivity index (χ1n) is 8.37. The van der Waals surface area contributed by atoms with Crippen LogP contribution in [-0.2, 0) is 22.4 Å². The van der Waals surface area contributed by atoms with E-state index in [0.29, 0.717) is 0 Å². The van der Waals surface area contributed by atoms with Gasteiger partial charge < -0.3 is 15.2 Å². The van der Waals surface area contributed by atoms with Gasteiger partial charge in [0.15, 0.2) is 0 Å². The molecule has 3 rings (SSSR count). The second-order valence-corrected chi connectivity index (χ2v) is 6.47. The summed E-state index contributed by atoms with van der Waals surface area (Å²) in [6, 6.07) is 6.01. The van der Waals surface area contributed by atoms with Gasteiger partial charge in [0, 0.05) is 17.6 Å². The number of aryl methyl sites for hydroxylation is 2. The van der Waals surface area contributed by atoms with E-state index < -0.39 is 17.8 Å². The summed E-state index contributed by atoms with van der Waals surface area (Å²) >= 11 is 0. The van der Waals surface area contributed by atoms with Gasteiger partial charge in [-0.3, -0.25) is 4.79 Å². The van der Waals surface area contributed by atoms with E-state index in [4.69, 9.17) is 0 Å². The van der Waals surface area contributed by atoms with Crippen molar-refractivity contribution in [1.82, 2.24) is 0 Å². The summed E-state index contributed by atoms with van der Waals surface area (Å²) < 4.78 is 0. The van der Waals surface area contributed by atoms with Gasteiger partial charge in [0.25, 0.3) is 0 Å². The van der Waals surface area contributed by atoms with Crippen LogP contribution in [0.2, 0.25) is 0 Å². The predicted octanol–water partition coefficient (Wildman–Crippen LogP) is 1.94. The average Bonchev–Trinajstić information content (AvgIpc) is 3.15. The zero-order chi connectivity index (χ0) is 16.6. The number of carbonyl (C=O) groups excluding carboxylic acids is 2. The Hall–Kier alpha value is -2.10. The molecule has 4 nitrogen and oxygen atoms in total. The van der Waals surface area contributed by atoms with E-state index in [0.717, 1.165) is 36.1 Å². The number of para-hydroxylation sites is 1. The molecule has 1 aromatic rings. The Bertz CT molecular complexity index is 642. The molecule has 1 fully saturated rings. The molecule has 0 aromatic heterocycles. The van der Waals surface area contributed by atoms with Crippen LogP contribution in [0.3, 0.4) is 0 Å². The molecule has 0 saturated heterocycles. The smallest absolute Gasteiger partial charge is 0.228 e. The normalized spacial score (nSPS) is 28.1. The van der Waals surface area contributed by atoms with E-state index in [1.54, 1.807) is 0 Å². The number of carbonyl (C=O) groups is 2. The number of hydrogen-bond donors (Lipinski definition) is 1. The summed E-state index contributed by atoms with van der Waals surface area (Å²) in [5, 5.41) is 14.5. The van der Waals surface area contributed by atoms with Crippen molar-refractivity contribution in [3.63, 3.8) is 0 Å². The molecule has 2 bridgehead atoms. The number of rotatable bonds is 5. The van der Waals surface area contributed by atoms with Crippen molar-refractivity contribution < 1.29 is 14.7 Å². The molecule has 1 saturated carbocycles. The summed E-state index contributed by atoms with van der Waals surface area (Å²) in [7, 11) is 0. The Kier molecular flexibility index (Phi) is 4.24. The lowest BCUT2D eigenvalue weighted by Gasteiger charge is -2.28. The second-order valence-electron chi connectivity index (χ2n) is 6.47. The van der Waals surface area contributed by atoms with Gasteiger partial charge in [0.1, 0.15) is 0 Å². The van der Waals surface area contributed by atoms with Crippen LogP contribution in [0.15, 0.2) is 30.4 Å². The van der Waals surface area contributed by atoms with Crippen molar-refractivity contribution in [2.24, 2.45) is 23.7 Å². The van der Waals surface area contributed by atoms with E-state index in [-0.39, 0.29) is 17.7 Å². The lowest BCUT2D eigenvalue weighted by atomic mass is 9.82. The van der Waals surface area contributed by atoms with Gasteiger partial charge >= 0.3 is 0 Å². The molecule has 1 N–H and O–H groups in total. The Morgan fingerprint density at radius 3 is 2.17 bits per heavy atom. The van der Waals surface area contributed by atoms with Crippen molar-refractivity contribution in [2.75, 3.05) is 5.32 Å². The number of anilines is 1. The van der Waals surface area contributed by atoms with Crippen molar-refractivity contribution in [3.05, 3.63) is 41.5 Å². The fourth-order valence-corrected chi connectivity index (χ4v) is 4.11. The molecule has 2 aliphatic rings. The number of hydrogen-bond acceptors (Lipinski definition) is 3. The number of fused-ring (bicyclic) bond motifs is 2. The predicted molar refractivity (Wildman–Crippen MR) is 86.6 cm³/mol. The molecule has 2 aliphatic carbocycles. The minimum absolute atomic E-state index is 0.0155. The number of amides is 1. The summed E-state index contributed by atoms with van der Waals surface area (Å²) in [4.78, 5) is 24.3. The first kappa shape index (κ1) is 15.8. The zero-order valence-corrected chi connectivity index (χ0v) is 13.5. The lowest BCUT2D eigenvalue weighted by Crippen LogP contribution is -2.43. The van der Waals surface area contributed by atoms with Crippen molar-refractivity contribution in [2.45, 2.75) is 33.1 Å². The van der Waals surface area contributed by atoms with Gasteiger partial charge in [0.2, 0.25) is 5.91 Å². The second kappa shape index (κ2) is 6.19. The molecule has 0 spiro atoms. The highest BCUT2D eigenvalue weighted by atomic mass is 16.4. The van der Waals surface area contributed by atoms with Crippen LogP contribution in [0, 0.1) is 23.7 Å². The van der Waals surface area contributed by atoms with Crippen LogP contribution < -0.4 is 10.4 Å². The molecular weight excluding hydrogens is 290 g/mol. The van der Waals surface area contributed by atoms with Crippen LogP contribution in [0.1, 0.15) is 31.4 Å². The van der Waals surface area contributed by atoms with Crippen LogP contribution in [0.25, 0.3) is 0 Å². The molecular formula is C19H22NO3-. The Morgan fingerprint density at radius 2 is 1.65 bits per heavy atom. The van der Waals surface area contributed by atoms with Crippen LogP contribution in [0.4, 0.5) is 5.69 Å². The Morgan fingerprint density at radius 1 is 1.09 bits per heavy atom. The van der Waals surface area contributed by atoms with Crippen molar-refractivity contribution >= 4 is 17.6 Å². The summed E-state index contributed by atoms with van der Waals surface area (Å²) in [5.41, 5.74) is 3.02. The molecule has 1 amide bonds. The highest BCUT2D eigenvalue weighted by Crippen LogP contribution is 2.48.